The molecule has 1 aliphatic rings. The van der Waals surface area contributed by atoms with Crippen LogP contribution in [0.3, 0.4) is 0 Å². The first-order valence-corrected chi connectivity index (χ1v) is 3.85. The molecule has 0 unspecified atom stereocenters. The lowest BCUT2D eigenvalue weighted by molar-refractivity contribution is -0.151. The Labute approximate surface area is 61.9 Å². The van der Waals surface area contributed by atoms with Gasteiger partial charge in [-0.3, -0.25) is 4.79 Å². The van der Waals surface area contributed by atoms with Crippen LogP contribution in [-0.2, 0) is 4.79 Å². The monoisotopic (exact) mass is 164 g/mol. The number of carboxylic acids is 1. The Morgan fingerprint density at radius 2 is 2.20 bits per heavy atom. The molecule has 0 bridgehead atoms. The molecule has 0 aromatic rings. The maximum Gasteiger partial charge on any atom is 0.316 e. The second-order valence-corrected chi connectivity index (χ2v) is 3.52. The Balaban J connectivity index is 2.51. The molecule has 0 aliphatic carbocycles. The lowest BCUT2D eigenvalue weighted by Crippen LogP contribution is -2.29. The molecule has 3 N–H and O–H groups in total. The van der Waals surface area contributed by atoms with E-state index in [4.69, 9.17) is 15.3 Å². The summed E-state index contributed by atoms with van der Waals surface area (Å²) in [7, 11) is 0. The molecular formula is C5H8O4S. The molecule has 0 aromatic carbocycles. The van der Waals surface area contributed by atoms with E-state index in [1.807, 2.05) is 0 Å². The van der Waals surface area contributed by atoms with Crippen molar-refractivity contribution in [2.24, 2.45) is 0 Å². The fourth-order valence-electron chi connectivity index (χ4n) is 0.807. The van der Waals surface area contributed by atoms with E-state index in [1.54, 1.807) is 0 Å². The van der Waals surface area contributed by atoms with Gasteiger partial charge in [-0.2, -0.15) is 0 Å². The zero-order chi connectivity index (χ0) is 7.78. The molecule has 0 aromatic heterocycles. The van der Waals surface area contributed by atoms with E-state index in [-0.39, 0.29) is 12.2 Å². The molecule has 0 spiro atoms. The Kier molecular flexibility index (Phi) is 1.89. The number of hydrogen-bond acceptors (Lipinski definition) is 4. The first-order chi connectivity index (χ1) is 4.51. The predicted molar refractivity (Wildman–Crippen MR) is 35.7 cm³/mol. The fraction of sp³-hybridized carbons (Fsp3) is 0.800. The van der Waals surface area contributed by atoms with E-state index in [9.17, 15) is 4.79 Å². The van der Waals surface area contributed by atoms with E-state index < -0.39 is 17.0 Å². The van der Waals surface area contributed by atoms with Crippen molar-refractivity contribution < 1.29 is 20.1 Å². The average Bonchev–Trinajstić information content (AvgIpc) is 2.10. The van der Waals surface area contributed by atoms with E-state index in [0.29, 0.717) is 0 Å². The normalized spacial score (nSPS) is 30.4. The molecule has 1 atom stereocenters. The van der Waals surface area contributed by atoms with Crippen LogP contribution in [0, 0.1) is 0 Å². The first-order valence-electron chi connectivity index (χ1n) is 2.80. The van der Waals surface area contributed by atoms with Gasteiger partial charge in [0, 0.05) is 12.2 Å². The Morgan fingerprint density at radius 3 is 2.40 bits per heavy atom. The lowest BCUT2D eigenvalue weighted by Gasteiger charge is -2.11. The highest BCUT2D eigenvalue weighted by Gasteiger charge is 2.39. The van der Waals surface area contributed by atoms with Gasteiger partial charge < -0.3 is 15.3 Å². The Morgan fingerprint density at radius 1 is 1.60 bits per heavy atom. The molecule has 0 amide bonds. The summed E-state index contributed by atoms with van der Waals surface area (Å²) in [4.78, 5) is 10.2. The standard InChI is InChI=1S/C5H8O4S/c6-4(7)3-1-5(8,9)2-10-3/h3,8-9H,1-2H2,(H,6,7)/t3-/m0/s1. The van der Waals surface area contributed by atoms with E-state index in [2.05, 4.69) is 0 Å². The highest BCUT2D eigenvalue weighted by Crippen LogP contribution is 2.32. The molecule has 1 saturated heterocycles. The Hall–Kier alpha value is -0.260. The summed E-state index contributed by atoms with van der Waals surface area (Å²) in [5.41, 5.74) is 0. The average molecular weight is 164 g/mol. The number of thioether (sulfide) groups is 1. The second kappa shape index (κ2) is 2.41. The zero-order valence-electron chi connectivity index (χ0n) is 5.15. The smallest absolute Gasteiger partial charge is 0.316 e. The predicted octanol–water partition coefficient (Wildman–Crippen LogP) is -0.743. The largest absolute Gasteiger partial charge is 0.480 e. The maximum atomic E-state index is 10.2. The van der Waals surface area contributed by atoms with Gasteiger partial charge in [0.15, 0.2) is 5.79 Å². The molecule has 1 aliphatic heterocycles. The van der Waals surface area contributed by atoms with Crippen LogP contribution in [0.2, 0.25) is 0 Å². The summed E-state index contributed by atoms with van der Waals surface area (Å²) >= 11 is 1.06. The van der Waals surface area contributed by atoms with Crippen LogP contribution in [0.5, 0.6) is 0 Å². The van der Waals surface area contributed by atoms with Crippen molar-refractivity contribution in [1.82, 2.24) is 0 Å². The molecule has 1 rings (SSSR count). The van der Waals surface area contributed by atoms with Gasteiger partial charge in [0.2, 0.25) is 0 Å². The van der Waals surface area contributed by atoms with Crippen molar-refractivity contribution in [3.05, 3.63) is 0 Å². The number of aliphatic hydroxyl groups is 2. The summed E-state index contributed by atoms with van der Waals surface area (Å²) in [5.74, 6) is -2.66. The van der Waals surface area contributed by atoms with Crippen LogP contribution in [-0.4, -0.2) is 38.1 Å². The molecule has 5 heteroatoms. The molecular weight excluding hydrogens is 156 g/mol. The van der Waals surface area contributed by atoms with Crippen LogP contribution >= 0.6 is 11.8 Å². The van der Waals surface area contributed by atoms with Gasteiger partial charge in [-0.05, 0) is 0 Å². The third kappa shape index (κ3) is 1.62. The third-order valence-electron chi connectivity index (χ3n) is 1.30. The Bertz CT molecular complexity index is 156. The quantitative estimate of drug-likeness (QED) is 0.445. The van der Waals surface area contributed by atoms with Crippen LogP contribution < -0.4 is 0 Å². The van der Waals surface area contributed by atoms with Gasteiger partial charge in [0.05, 0.1) is 0 Å². The molecule has 1 heterocycles. The van der Waals surface area contributed by atoms with Gasteiger partial charge in [0.1, 0.15) is 5.25 Å². The van der Waals surface area contributed by atoms with Crippen molar-refractivity contribution in [2.45, 2.75) is 17.5 Å². The highest BCUT2D eigenvalue weighted by molar-refractivity contribution is 8.00. The number of carbonyl (C=O) groups is 1. The van der Waals surface area contributed by atoms with Gasteiger partial charge >= 0.3 is 5.97 Å². The van der Waals surface area contributed by atoms with E-state index in [0.717, 1.165) is 11.8 Å². The molecule has 10 heavy (non-hydrogen) atoms. The van der Waals surface area contributed by atoms with Crippen molar-refractivity contribution in [2.75, 3.05) is 5.75 Å². The molecule has 1 fully saturated rings. The fourth-order valence-corrected chi connectivity index (χ4v) is 1.92. The number of rotatable bonds is 1. The molecule has 0 radical (unpaired) electrons. The summed E-state index contributed by atoms with van der Waals surface area (Å²) in [6, 6.07) is 0. The third-order valence-corrected chi connectivity index (χ3v) is 2.70. The molecule has 0 saturated carbocycles. The van der Waals surface area contributed by atoms with Crippen molar-refractivity contribution in [3.8, 4) is 0 Å². The second-order valence-electron chi connectivity index (χ2n) is 2.32. The van der Waals surface area contributed by atoms with Gasteiger partial charge in [-0.15, -0.1) is 11.8 Å². The zero-order valence-corrected chi connectivity index (χ0v) is 5.97. The van der Waals surface area contributed by atoms with Crippen molar-refractivity contribution in [3.63, 3.8) is 0 Å². The van der Waals surface area contributed by atoms with Gasteiger partial charge in [-0.25, -0.2) is 0 Å². The minimum atomic E-state index is -1.77. The van der Waals surface area contributed by atoms with Crippen LogP contribution in [0.4, 0.5) is 0 Å². The van der Waals surface area contributed by atoms with Gasteiger partial charge in [-0.1, -0.05) is 0 Å². The summed E-state index contributed by atoms with van der Waals surface area (Å²) < 4.78 is 0. The number of aliphatic carboxylic acids is 1. The highest BCUT2D eigenvalue weighted by atomic mass is 32.2. The number of hydrogen-bond donors (Lipinski definition) is 3. The first kappa shape index (κ1) is 7.84. The summed E-state index contributed by atoms with van der Waals surface area (Å²) in [6.45, 7) is 0. The van der Waals surface area contributed by atoms with Crippen LogP contribution in [0.15, 0.2) is 0 Å². The number of carboxylic acid groups (broad SMARTS) is 1. The van der Waals surface area contributed by atoms with E-state index >= 15 is 0 Å². The van der Waals surface area contributed by atoms with Crippen molar-refractivity contribution >= 4 is 17.7 Å². The molecule has 4 nitrogen and oxygen atoms in total. The van der Waals surface area contributed by atoms with Crippen LogP contribution in [0.25, 0.3) is 0 Å². The minimum Gasteiger partial charge on any atom is -0.480 e. The summed E-state index contributed by atoms with van der Waals surface area (Å²) in [6.07, 6.45) is -0.0764. The lowest BCUT2D eigenvalue weighted by atomic mass is 10.2. The maximum absolute atomic E-state index is 10.2. The van der Waals surface area contributed by atoms with Crippen molar-refractivity contribution in [1.29, 1.82) is 0 Å². The topological polar surface area (TPSA) is 77.8 Å². The SMILES string of the molecule is O=C(O)[C@@H]1CC(O)(O)CS1. The minimum absolute atomic E-state index is 0.0764. The van der Waals surface area contributed by atoms with Gasteiger partial charge in [0.25, 0.3) is 0 Å². The van der Waals surface area contributed by atoms with Crippen LogP contribution in [0.1, 0.15) is 6.42 Å². The summed E-state index contributed by atoms with van der Waals surface area (Å²) in [5, 5.41) is 25.5. The van der Waals surface area contributed by atoms with E-state index in [1.165, 1.54) is 0 Å². The molecule has 58 valence electrons.